The van der Waals surface area contributed by atoms with Crippen LogP contribution in [0, 0.1) is 6.92 Å². The van der Waals surface area contributed by atoms with E-state index < -0.39 is 0 Å². The van der Waals surface area contributed by atoms with Crippen molar-refractivity contribution in [2.45, 2.75) is 18.4 Å². The molecule has 4 heteroatoms. The van der Waals surface area contributed by atoms with Gasteiger partial charge in [0.1, 0.15) is 0 Å². The van der Waals surface area contributed by atoms with Crippen LogP contribution in [0.25, 0.3) is 0 Å². The molecular formula is C14H15N3S. The predicted octanol–water partition coefficient (Wildman–Crippen LogP) is 4.24. The molecule has 0 aliphatic rings. The number of hydrogen-bond acceptors (Lipinski definition) is 4. The lowest BCUT2D eigenvalue weighted by molar-refractivity contribution is 1.06. The summed E-state index contributed by atoms with van der Waals surface area (Å²) in [6, 6.07) is 16.0. The van der Waals surface area contributed by atoms with Gasteiger partial charge < -0.3 is 5.73 Å². The molecule has 2 aromatic carbocycles. The molecule has 2 rings (SSSR count). The first kappa shape index (κ1) is 12.8. The number of hydrogen-bond donors (Lipinski definition) is 1. The normalized spacial score (nSPS) is 11.0. The quantitative estimate of drug-likeness (QED) is 0.657. The summed E-state index contributed by atoms with van der Waals surface area (Å²) in [5.41, 5.74) is 8.66. The summed E-state index contributed by atoms with van der Waals surface area (Å²) in [5, 5.41) is 4.24. The highest BCUT2D eigenvalue weighted by Gasteiger charge is 1.98. The lowest BCUT2D eigenvalue weighted by Crippen LogP contribution is -1.95. The van der Waals surface area contributed by atoms with E-state index in [9.17, 15) is 0 Å². The molecule has 0 saturated carbocycles. The summed E-state index contributed by atoms with van der Waals surface area (Å²) in [7, 11) is 0. The fourth-order valence-electron chi connectivity index (χ4n) is 1.48. The first-order valence-electron chi connectivity index (χ1n) is 5.72. The van der Waals surface area contributed by atoms with E-state index >= 15 is 0 Å². The SMILES string of the molecule is Cc1ccc(CN)cc1/N=N/Sc1ccccc1. The highest BCUT2D eigenvalue weighted by Crippen LogP contribution is 2.25. The Morgan fingerprint density at radius 2 is 1.89 bits per heavy atom. The van der Waals surface area contributed by atoms with E-state index in [4.69, 9.17) is 5.73 Å². The van der Waals surface area contributed by atoms with Crippen LogP contribution in [-0.2, 0) is 6.54 Å². The lowest BCUT2D eigenvalue weighted by Gasteiger charge is -2.01. The van der Waals surface area contributed by atoms with Crippen LogP contribution in [0.1, 0.15) is 11.1 Å². The Bertz CT molecular complexity index is 538. The molecule has 0 bridgehead atoms. The van der Waals surface area contributed by atoms with Crippen molar-refractivity contribution < 1.29 is 0 Å². The van der Waals surface area contributed by atoms with Crippen LogP contribution >= 0.6 is 11.9 Å². The van der Waals surface area contributed by atoms with Gasteiger partial charge in [-0.1, -0.05) is 30.3 Å². The molecule has 0 aliphatic carbocycles. The van der Waals surface area contributed by atoms with Gasteiger partial charge in [-0.2, -0.15) is 0 Å². The third-order valence-corrected chi connectivity index (χ3v) is 3.19. The van der Waals surface area contributed by atoms with Crippen molar-refractivity contribution in [3.8, 4) is 0 Å². The molecule has 2 N–H and O–H groups in total. The van der Waals surface area contributed by atoms with Gasteiger partial charge in [0.2, 0.25) is 0 Å². The van der Waals surface area contributed by atoms with Crippen LogP contribution in [0.3, 0.4) is 0 Å². The van der Waals surface area contributed by atoms with Gasteiger partial charge in [-0.3, -0.25) is 0 Å². The Kier molecular flexibility index (Phi) is 4.50. The van der Waals surface area contributed by atoms with E-state index in [2.05, 4.69) is 9.63 Å². The molecule has 2 aromatic rings. The third-order valence-electron chi connectivity index (χ3n) is 2.55. The van der Waals surface area contributed by atoms with Crippen LogP contribution in [0.15, 0.2) is 63.1 Å². The van der Waals surface area contributed by atoms with Crippen molar-refractivity contribution in [3.63, 3.8) is 0 Å². The summed E-state index contributed by atoms with van der Waals surface area (Å²) in [6.07, 6.45) is 0. The smallest absolute Gasteiger partial charge is 0.0895 e. The molecule has 0 spiro atoms. The Morgan fingerprint density at radius 3 is 2.61 bits per heavy atom. The average molecular weight is 257 g/mol. The number of aryl methyl sites for hydroxylation is 1. The topological polar surface area (TPSA) is 50.7 Å². The second-order valence-corrected chi connectivity index (χ2v) is 4.73. The molecule has 0 atom stereocenters. The van der Waals surface area contributed by atoms with Crippen LogP contribution in [0.2, 0.25) is 0 Å². The van der Waals surface area contributed by atoms with Crippen LogP contribution in [0.4, 0.5) is 5.69 Å². The second kappa shape index (κ2) is 6.33. The zero-order valence-corrected chi connectivity index (χ0v) is 11.0. The molecule has 18 heavy (non-hydrogen) atoms. The van der Waals surface area contributed by atoms with Crippen molar-refractivity contribution in [2.75, 3.05) is 0 Å². The summed E-state index contributed by atoms with van der Waals surface area (Å²) in [4.78, 5) is 1.08. The maximum atomic E-state index is 5.61. The third kappa shape index (κ3) is 3.42. The van der Waals surface area contributed by atoms with Crippen molar-refractivity contribution in [2.24, 2.45) is 15.4 Å². The minimum absolute atomic E-state index is 0.522. The van der Waals surface area contributed by atoms with Gasteiger partial charge >= 0.3 is 0 Å². The van der Waals surface area contributed by atoms with E-state index in [-0.39, 0.29) is 0 Å². The van der Waals surface area contributed by atoms with Crippen molar-refractivity contribution >= 4 is 17.6 Å². The summed E-state index contributed by atoms with van der Waals surface area (Å²) >= 11 is 1.36. The zero-order chi connectivity index (χ0) is 12.8. The minimum atomic E-state index is 0.522. The average Bonchev–Trinajstić information content (AvgIpc) is 2.42. The van der Waals surface area contributed by atoms with E-state index in [0.29, 0.717) is 6.54 Å². The Balaban J connectivity index is 2.09. The van der Waals surface area contributed by atoms with Crippen LogP contribution < -0.4 is 5.73 Å². The molecule has 0 aliphatic heterocycles. The van der Waals surface area contributed by atoms with Gasteiger partial charge in [0.05, 0.1) is 5.69 Å². The van der Waals surface area contributed by atoms with Gasteiger partial charge in [-0.05, 0) is 36.2 Å². The van der Waals surface area contributed by atoms with Gasteiger partial charge in [0, 0.05) is 23.4 Å². The Labute approximate surface area is 111 Å². The first-order valence-corrected chi connectivity index (χ1v) is 6.49. The van der Waals surface area contributed by atoms with Gasteiger partial charge in [-0.15, -0.1) is 9.63 Å². The van der Waals surface area contributed by atoms with E-state index in [1.54, 1.807) is 0 Å². The number of benzene rings is 2. The van der Waals surface area contributed by atoms with Crippen molar-refractivity contribution in [1.82, 2.24) is 0 Å². The largest absolute Gasteiger partial charge is 0.326 e. The van der Waals surface area contributed by atoms with E-state index in [0.717, 1.165) is 21.7 Å². The Morgan fingerprint density at radius 1 is 1.11 bits per heavy atom. The molecule has 0 fully saturated rings. The second-order valence-electron chi connectivity index (χ2n) is 3.91. The summed E-state index contributed by atoms with van der Waals surface area (Å²) in [6.45, 7) is 2.54. The van der Waals surface area contributed by atoms with Gasteiger partial charge in [0.25, 0.3) is 0 Å². The molecule has 0 aromatic heterocycles. The standard InChI is InChI=1S/C14H15N3S/c1-11-7-8-12(10-15)9-14(11)16-17-18-13-5-3-2-4-6-13/h2-9H,10,15H2,1H3/b17-16+. The highest BCUT2D eigenvalue weighted by atomic mass is 32.2. The molecule has 0 saturated heterocycles. The summed E-state index contributed by atoms with van der Waals surface area (Å²) in [5.74, 6) is 0. The summed E-state index contributed by atoms with van der Waals surface area (Å²) < 4.78 is 4.15. The fraction of sp³-hybridized carbons (Fsp3) is 0.143. The van der Waals surface area contributed by atoms with Crippen LogP contribution in [-0.4, -0.2) is 0 Å². The molecular weight excluding hydrogens is 242 g/mol. The highest BCUT2D eigenvalue weighted by molar-refractivity contribution is 7.97. The monoisotopic (exact) mass is 257 g/mol. The number of nitrogens with two attached hydrogens (primary N) is 1. The van der Waals surface area contributed by atoms with Gasteiger partial charge in [-0.25, -0.2) is 0 Å². The van der Waals surface area contributed by atoms with Gasteiger partial charge in [0.15, 0.2) is 0 Å². The van der Waals surface area contributed by atoms with Crippen molar-refractivity contribution in [3.05, 3.63) is 59.7 Å². The van der Waals surface area contributed by atoms with E-state index in [1.165, 1.54) is 11.9 Å². The molecule has 0 heterocycles. The Hall–Kier alpha value is -1.65. The first-order chi connectivity index (χ1) is 8.79. The molecule has 0 amide bonds. The maximum absolute atomic E-state index is 5.61. The lowest BCUT2D eigenvalue weighted by atomic mass is 10.1. The van der Waals surface area contributed by atoms with E-state index in [1.807, 2.05) is 55.5 Å². The fourth-order valence-corrected chi connectivity index (χ4v) is 1.98. The zero-order valence-electron chi connectivity index (χ0n) is 10.2. The molecule has 3 nitrogen and oxygen atoms in total. The minimum Gasteiger partial charge on any atom is -0.326 e. The number of nitrogens with zero attached hydrogens (tertiary/aromatic N) is 2. The van der Waals surface area contributed by atoms with Crippen LogP contribution in [0.5, 0.6) is 0 Å². The maximum Gasteiger partial charge on any atom is 0.0895 e. The predicted molar refractivity (Wildman–Crippen MR) is 75.9 cm³/mol. The van der Waals surface area contributed by atoms with Crippen molar-refractivity contribution in [1.29, 1.82) is 0 Å². The number of rotatable bonds is 4. The molecule has 92 valence electrons. The molecule has 0 unspecified atom stereocenters. The molecule has 0 radical (unpaired) electrons.